The summed E-state index contributed by atoms with van der Waals surface area (Å²) in [6.45, 7) is 0.451. The van der Waals surface area contributed by atoms with Crippen LogP contribution in [0.4, 0.5) is 0 Å². The first-order valence-electron chi connectivity index (χ1n) is 4.19. The molecule has 0 aliphatic carbocycles. The molecule has 0 aliphatic rings. The Balaban J connectivity index is 0.000000980. The molecule has 0 aliphatic heterocycles. The second kappa shape index (κ2) is 6.45. The summed E-state index contributed by atoms with van der Waals surface area (Å²) in [5.74, 6) is 0.818. The van der Waals surface area contributed by atoms with E-state index < -0.39 is 0 Å². The number of nitrogens with zero attached hydrogens (tertiary/aromatic N) is 1. The first-order chi connectivity index (χ1) is 6.40. The van der Waals surface area contributed by atoms with Gasteiger partial charge in [0.2, 0.25) is 0 Å². The molecule has 3 nitrogen and oxygen atoms in total. The van der Waals surface area contributed by atoms with Gasteiger partial charge in [0.25, 0.3) is 0 Å². The van der Waals surface area contributed by atoms with Crippen LogP contribution in [0.5, 0.6) is 0 Å². The summed E-state index contributed by atoms with van der Waals surface area (Å²) in [6, 6.07) is 10.1. The molecule has 3 N–H and O–H groups in total. The smallest absolute Gasteiger partial charge is 0.120 e. The molecule has 82 valence electrons. The highest BCUT2D eigenvalue weighted by atomic mass is 35.5. The molecule has 15 heavy (non-hydrogen) atoms. The van der Waals surface area contributed by atoms with Gasteiger partial charge >= 0.3 is 0 Å². The van der Waals surface area contributed by atoms with Crippen LogP contribution in [-0.2, 0) is 6.54 Å². The monoisotopic (exact) mass is 245 g/mol. The minimum atomic E-state index is 0. The molecule has 0 saturated heterocycles. The molecule has 0 spiro atoms. The second-order valence-corrected chi connectivity index (χ2v) is 2.81. The normalized spacial score (nSPS) is 8.87. The molecule has 1 heterocycles. The van der Waals surface area contributed by atoms with Crippen LogP contribution >= 0.6 is 24.8 Å². The Morgan fingerprint density at radius 3 is 2.33 bits per heavy atom. The Hall–Kier alpha value is -1.03. The first-order valence-corrected chi connectivity index (χ1v) is 4.19. The number of H-pyrrole nitrogens is 1. The van der Waals surface area contributed by atoms with Crippen molar-refractivity contribution in [2.24, 2.45) is 5.73 Å². The van der Waals surface area contributed by atoms with Crippen molar-refractivity contribution in [3.63, 3.8) is 0 Å². The van der Waals surface area contributed by atoms with Gasteiger partial charge in [-0.05, 0) is 5.56 Å². The average molecular weight is 246 g/mol. The fourth-order valence-corrected chi connectivity index (χ4v) is 1.23. The number of aromatic amines is 1. The molecule has 0 amide bonds. The summed E-state index contributed by atoms with van der Waals surface area (Å²) in [6.07, 6.45) is 1.80. The number of hydrogen-bond donors (Lipinski definition) is 2. The van der Waals surface area contributed by atoms with Crippen molar-refractivity contribution in [1.29, 1.82) is 0 Å². The zero-order valence-corrected chi connectivity index (χ0v) is 9.65. The van der Waals surface area contributed by atoms with Crippen molar-refractivity contribution in [2.75, 3.05) is 0 Å². The third kappa shape index (κ3) is 3.23. The van der Waals surface area contributed by atoms with Crippen LogP contribution in [0.15, 0.2) is 36.5 Å². The van der Waals surface area contributed by atoms with Crippen LogP contribution in [0.1, 0.15) is 5.82 Å². The van der Waals surface area contributed by atoms with E-state index in [0.717, 1.165) is 17.1 Å². The summed E-state index contributed by atoms with van der Waals surface area (Å²) in [5.41, 5.74) is 7.60. The molecular weight excluding hydrogens is 233 g/mol. The SMILES string of the molecule is Cl.Cl.NCc1ncc(-c2ccccc2)[nH]1. The fourth-order valence-electron chi connectivity index (χ4n) is 1.23. The van der Waals surface area contributed by atoms with Gasteiger partial charge in [-0.25, -0.2) is 4.98 Å². The number of halogens is 2. The van der Waals surface area contributed by atoms with Crippen molar-refractivity contribution in [3.05, 3.63) is 42.4 Å². The maximum absolute atomic E-state index is 5.45. The quantitative estimate of drug-likeness (QED) is 0.854. The van der Waals surface area contributed by atoms with E-state index in [2.05, 4.69) is 9.97 Å². The van der Waals surface area contributed by atoms with Gasteiger partial charge in [0.15, 0.2) is 0 Å². The van der Waals surface area contributed by atoms with E-state index in [-0.39, 0.29) is 24.8 Å². The Labute approximate surface area is 101 Å². The van der Waals surface area contributed by atoms with Crippen molar-refractivity contribution < 1.29 is 0 Å². The van der Waals surface area contributed by atoms with Crippen LogP contribution in [0.2, 0.25) is 0 Å². The summed E-state index contributed by atoms with van der Waals surface area (Å²) in [5, 5.41) is 0. The van der Waals surface area contributed by atoms with Gasteiger partial charge in [-0.15, -0.1) is 24.8 Å². The Kier molecular flexibility index (Phi) is 6.01. The lowest BCUT2D eigenvalue weighted by molar-refractivity contribution is 0.950. The molecule has 1 aromatic carbocycles. The molecule has 0 radical (unpaired) electrons. The van der Waals surface area contributed by atoms with Crippen molar-refractivity contribution in [1.82, 2.24) is 9.97 Å². The summed E-state index contributed by atoms with van der Waals surface area (Å²) in [4.78, 5) is 7.27. The molecule has 0 saturated carbocycles. The topological polar surface area (TPSA) is 54.7 Å². The lowest BCUT2D eigenvalue weighted by Crippen LogP contribution is -1.97. The third-order valence-corrected chi connectivity index (χ3v) is 1.91. The van der Waals surface area contributed by atoms with Gasteiger partial charge in [-0.1, -0.05) is 30.3 Å². The number of benzene rings is 1. The van der Waals surface area contributed by atoms with E-state index in [9.17, 15) is 0 Å². The van der Waals surface area contributed by atoms with Crippen molar-refractivity contribution in [3.8, 4) is 11.3 Å². The molecule has 1 aromatic heterocycles. The molecule has 2 aromatic rings. The van der Waals surface area contributed by atoms with Crippen molar-refractivity contribution >= 4 is 24.8 Å². The number of nitrogens with one attached hydrogen (secondary N) is 1. The lowest BCUT2D eigenvalue weighted by atomic mass is 10.2. The first kappa shape index (κ1) is 14.0. The number of aromatic nitrogens is 2. The summed E-state index contributed by atoms with van der Waals surface area (Å²) in [7, 11) is 0. The van der Waals surface area contributed by atoms with E-state index in [1.165, 1.54) is 0 Å². The molecule has 0 atom stereocenters. The van der Waals surface area contributed by atoms with E-state index in [1.807, 2.05) is 30.3 Å². The zero-order chi connectivity index (χ0) is 9.10. The predicted octanol–water partition coefficient (Wildman–Crippen LogP) is 2.38. The molecule has 0 unspecified atom stereocenters. The molecule has 0 bridgehead atoms. The zero-order valence-electron chi connectivity index (χ0n) is 8.01. The van der Waals surface area contributed by atoms with Gasteiger partial charge in [-0.3, -0.25) is 0 Å². The minimum Gasteiger partial charge on any atom is -0.341 e. The maximum atomic E-state index is 5.45. The van der Waals surface area contributed by atoms with E-state index in [1.54, 1.807) is 6.20 Å². The number of nitrogens with two attached hydrogens (primary N) is 1. The fraction of sp³-hybridized carbons (Fsp3) is 0.100. The van der Waals surface area contributed by atoms with Gasteiger partial charge in [0.05, 0.1) is 18.4 Å². The predicted molar refractivity (Wildman–Crippen MR) is 66.4 cm³/mol. The highest BCUT2D eigenvalue weighted by molar-refractivity contribution is 5.85. The summed E-state index contributed by atoms with van der Waals surface area (Å²) >= 11 is 0. The Bertz CT molecular complexity index is 387. The maximum Gasteiger partial charge on any atom is 0.120 e. The van der Waals surface area contributed by atoms with Gasteiger partial charge in [0, 0.05) is 0 Å². The van der Waals surface area contributed by atoms with Gasteiger partial charge in [-0.2, -0.15) is 0 Å². The average Bonchev–Trinajstić information content (AvgIpc) is 2.67. The highest BCUT2D eigenvalue weighted by Gasteiger charge is 1.99. The third-order valence-electron chi connectivity index (χ3n) is 1.91. The van der Waals surface area contributed by atoms with Crippen LogP contribution in [0, 0.1) is 0 Å². The number of imidazole rings is 1. The van der Waals surface area contributed by atoms with E-state index >= 15 is 0 Å². The minimum absolute atomic E-state index is 0. The Morgan fingerprint density at radius 2 is 1.80 bits per heavy atom. The molecule has 2 rings (SSSR count). The van der Waals surface area contributed by atoms with E-state index in [0.29, 0.717) is 6.54 Å². The van der Waals surface area contributed by atoms with Crippen molar-refractivity contribution in [2.45, 2.75) is 6.54 Å². The Morgan fingerprint density at radius 1 is 1.13 bits per heavy atom. The van der Waals surface area contributed by atoms with Crippen LogP contribution in [0.25, 0.3) is 11.3 Å². The number of rotatable bonds is 2. The van der Waals surface area contributed by atoms with Crippen LogP contribution in [-0.4, -0.2) is 9.97 Å². The van der Waals surface area contributed by atoms with E-state index in [4.69, 9.17) is 5.73 Å². The second-order valence-electron chi connectivity index (χ2n) is 2.81. The molecular formula is C10H13Cl2N3. The highest BCUT2D eigenvalue weighted by Crippen LogP contribution is 2.15. The molecule has 5 heteroatoms. The summed E-state index contributed by atoms with van der Waals surface area (Å²) < 4.78 is 0. The lowest BCUT2D eigenvalue weighted by Gasteiger charge is -1.94. The largest absolute Gasteiger partial charge is 0.341 e. The standard InChI is InChI=1S/C10H11N3.2ClH/c11-6-10-12-7-9(13-10)8-4-2-1-3-5-8;;/h1-5,7H,6,11H2,(H,12,13);2*1H. The van der Waals surface area contributed by atoms with Crippen LogP contribution in [0.3, 0.4) is 0 Å². The molecule has 0 fully saturated rings. The number of hydrogen-bond acceptors (Lipinski definition) is 2. The van der Waals surface area contributed by atoms with Gasteiger partial charge < -0.3 is 10.7 Å². The van der Waals surface area contributed by atoms with Crippen LogP contribution < -0.4 is 5.73 Å². The van der Waals surface area contributed by atoms with Gasteiger partial charge in [0.1, 0.15) is 5.82 Å².